The molecule has 1 aliphatic rings. The smallest absolute Gasteiger partial charge is 0.135 e. The number of rotatable bonds is 1. The van der Waals surface area contributed by atoms with Gasteiger partial charge < -0.3 is 0 Å². The summed E-state index contributed by atoms with van der Waals surface area (Å²) in [4.78, 5) is 4.28. The SMILES string of the molecule is SC1=C=C(c2ccccc2)c2ccccc2C/C=N\1. The lowest BCUT2D eigenvalue weighted by Gasteiger charge is -2.12. The average Bonchev–Trinajstić information content (AvgIpc) is 2.44. The van der Waals surface area contributed by atoms with Gasteiger partial charge in [0, 0.05) is 18.2 Å². The molecule has 0 saturated carbocycles. The summed E-state index contributed by atoms with van der Waals surface area (Å²) < 4.78 is 0. The second kappa shape index (κ2) is 5.31. The van der Waals surface area contributed by atoms with Gasteiger partial charge in [-0.2, -0.15) is 0 Å². The summed E-state index contributed by atoms with van der Waals surface area (Å²) in [5.41, 5.74) is 7.95. The molecule has 0 bridgehead atoms. The average molecular weight is 263 g/mol. The molecule has 1 aliphatic heterocycles. The Morgan fingerprint density at radius 2 is 1.68 bits per heavy atom. The number of aliphatic imine (C=N–C) groups is 1. The van der Waals surface area contributed by atoms with Gasteiger partial charge in [-0.3, -0.25) is 0 Å². The molecule has 0 amide bonds. The zero-order chi connectivity index (χ0) is 13.1. The predicted molar refractivity (Wildman–Crippen MR) is 83.6 cm³/mol. The Labute approximate surface area is 118 Å². The van der Waals surface area contributed by atoms with Crippen molar-refractivity contribution in [3.8, 4) is 0 Å². The predicted octanol–water partition coefficient (Wildman–Crippen LogP) is 4.12. The lowest BCUT2D eigenvalue weighted by Crippen LogP contribution is -1.97. The summed E-state index contributed by atoms with van der Waals surface area (Å²) in [6.07, 6.45) is 2.70. The number of fused-ring (bicyclic) bond motifs is 1. The molecule has 2 heteroatoms. The molecular weight excluding hydrogens is 250 g/mol. The molecule has 0 aliphatic carbocycles. The molecule has 0 radical (unpaired) electrons. The minimum atomic E-state index is 0.619. The lowest BCUT2D eigenvalue weighted by atomic mass is 9.93. The Bertz CT molecular complexity index is 692. The number of hydrogen-bond donors (Lipinski definition) is 1. The van der Waals surface area contributed by atoms with Gasteiger partial charge in [0.1, 0.15) is 5.03 Å². The molecule has 0 unspecified atom stereocenters. The standard InChI is InChI=1S/C17H13NS/c19-17-12-16(13-6-2-1-3-7-13)15-9-5-4-8-14(15)10-11-18-17/h1-9,11,19H,10H2/b18-11-. The van der Waals surface area contributed by atoms with Gasteiger partial charge >= 0.3 is 0 Å². The summed E-state index contributed by atoms with van der Waals surface area (Å²) in [5, 5.41) is 0.619. The van der Waals surface area contributed by atoms with Crippen LogP contribution in [0.3, 0.4) is 0 Å². The maximum atomic E-state index is 4.37. The molecule has 19 heavy (non-hydrogen) atoms. The van der Waals surface area contributed by atoms with Crippen LogP contribution in [0.2, 0.25) is 0 Å². The Balaban J connectivity index is 2.30. The Hall–Kier alpha value is -2.02. The topological polar surface area (TPSA) is 12.4 Å². The van der Waals surface area contributed by atoms with Gasteiger partial charge in [0.15, 0.2) is 0 Å². The van der Waals surface area contributed by atoms with Gasteiger partial charge in [0.05, 0.1) is 0 Å². The maximum Gasteiger partial charge on any atom is 0.135 e. The van der Waals surface area contributed by atoms with Gasteiger partial charge in [-0.05, 0) is 16.7 Å². The molecule has 1 nitrogen and oxygen atoms in total. The zero-order valence-electron chi connectivity index (χ0n) is 10.4. The lowest BCUT2D eigenvalue weighted by molar-refractivity contribution is 1.30. The van der Waals surface area contributed by atoms with E-state index in [1.165, 1.54) is 11.1 Å². The monoisotopic (exact) mass is 263 g/mol. The van der Waals surface area contributed by atoms with E-state index in [1.807, 2.05) is 24.4 Å². The van der Waals surface area contributed by atoms with Crippen LogP contribution < -0.4 is 0 Å². The van der Waals surface area contributed by atoms with Crippen LogP contribution >= 0.6 is 12.6 Å². The third-order valence-corrected chi connectivity index (χ3v) is 3.34. The number of benzene rings is 2. The van der Waals surface area contributed by atoms with Crippen LogP contribution in [0, 0.1) is 0 Å². The van der Waals surface area contributed by atoms with Gasteiger partial charge in [-0.15, -0.1) is 12.6 Å². The number of nitrogens with zero attached hydrogens (tertiary/aromatic N) is 1. The summed E-state index contributed by atoms with van der Waals surface area (Å²) in [5.74, 6) is 0. The van der Waals surface area contributed by atoms with Crippen LogP contribution in [-0.2, 0) is 6.42 Å². The van der Waals surface area contributed by atoms with Crippen molar-refractivity contribution in [2.24, 2.45) is 4.99 Å². The molecule has 2 aromatic carbocycles. The molecule has 2 aromatic rings. The molecule has 3 rings (SSSR count). The fourth-order valence-corrected chi connectivity index (χ4v) is 2.41. The van der Waals surface area contributed by atoms with Gasteiger partial charge in [0.2, 0.25) is 0 Å². The molecule has 0 fully saturated rings. The third-order valence-electron chi connectivity index (χ3n) is 3.11. The van der Waals surface area contributed by atoms with Crippen LogP contribution in [0.4, 0.5) is 0 Å². The van der Waals surface area contributed by atoms with Crippen molar-refractivity contribution in [3.63, 3.8) is 0 Å². The quantitative estimate of drug-likeness (QED) is 0.587. The van der Waals surface area contributed by atoms with Crippen molar-refractivity contribution in [3.05, 3.63) is 82.0 Å². The van der Waals surface area contributed by atoms with Crippen LogP contribution in [0.15, 0.2) is 70.3 Å². The largest absolute Gasteiger partial charge is 0.246 e. The van der Waals surface area contributed by atoms with Gasteiger partial charge in [-0.1, -0.05) is 60.3 Å². The van der Waals surface area contributed by atoms with Crippen LogP contribution in [-0.4, -0.2) is 6.21 Å². The summed E-state index contributed by atoms with van der Waals surface area (Å²) in [7, 11) is 0. The van der Waals surface area contributed by atoms with Crippen molar-refractivity contribution in [1.82, 2.24) is 0 Å². The van der Waals surface area contributed by atoms with Crippen LogP contribution in [0.25, 0.3) is 5.57 Å². The van der Waals surface area contributed by atoms with Crippen molar-refractivity contribution >= 4 is 24.4 Å². The van der Waals surface area contributed by atoms with E-state index >= 15 is 0 Å². The van der Waals surface area contributed by atoms with Gasteiger partial charge in [0.25, 0.3) is 0 Å². The first-order valence-corrected chi connectivity index (χ1v) is 6.65. The Morgan fingerprint density at radius 1 is 0.947 bits per heavy atom. The summed E-state index contributed by atoms with van der Waals surface area (Å²) in [6.45, 7) is 0. The van der Waals surface area contributed by atoms with E-state index in [-0.39, 0.29) is 0 Å². The fraction of sp³-hybridized carbons (Fsp3) is 0.0588. The van der Waals surface area contributed by atoms with E-state index in [0.717, 1.165) is 17.6 Å². The third kappa shape index (κ3) is 2.55. The second-order valence-corrected chi connectivity index (χ2v) is 4.79. The summed E-state index contributed by atoms with van der Waals surface area (Å²) >= 11 is 4.37. The minimum absolute atomic E-state index is 0.619. The van der Waals surface area contributed by atoms with E-state index in [0.29, 0.717) is 5.03 Å². The molecule has 92 valence electrons. The molecule has 0 spiro atoms. The Kier molecular flexibility index (Phi) is 3.37. The first-order valence-electron chi connectivity index (χ1n) is 6.21. The van der Waals surface area contributed by atoms with Crippen LogP contribution in [0.1, 0.15) is 16.7 Å². The molecule has 0 saturated heterocycles. The van der Waals surface area contributed by atoms with E-state index in [2.05, 4.69) is 59.8 Å². The highest BCUT2D eigenvalue weighted by Crippen LogP contribution is 2.27. The minimum Gasteiger partial charge on any atom is -0.246 e. The molecule has 1 heterocycles. The zero-order valence-corrected chi connectivity index (χ0v) is 11.3. The molecular formula is C17H13NS. The Morgan fingerprint density at radius 3 is 2.53 bits per heavy atom. The second-order valence-electron chi connectivity index (χ2n) is 4.36. The van der Waals surface area contributed by atoms with E-state index < -0.39 is 0 Å². The first kappa shape index (κ1) is 12.0. The van der Waals surface area contributed by atoms with E-state index in [1.54, 1.807) is 0 Å². The first-order chi connectivity index (χ1) is 9.34. The normalized spacial score (nSPS) is 15.6. The van der Waals surface area contributed by atoms with Crippen LogP contribution in [0.5, 0.6) is 0 Å². The highest BCUT2D eigenvalue weighted by molar-refractivity contribution is 7.84. The molecule has 0 aromatic heterocycles. The van der Waals surface area contributed by atoms with Crippen molar-refractivity contribution in [2.75, 3.05) is 0 Å². The maximum absolute atomic E-state index is 4.37. The number of hydrogen-bond acceptors (Lipinski definition) is 2. The highest BCUT2D eigenvalue weighted by atomic mass is 32.1. The molecule has 0 atom stereocenters. The van der Waals surface area contributed by atoms with Crippen molar-refractivity contribution in [2.45, 2.75) is 6.42 Å². The van der Waals surface area contributed by atoms with E-state index in [4.69, 9.17) is 0 Å². The van der Waals surface area contributed by atoms with Crippen molar-refractivity contribution < 1.29 is 0 Å². The highest BCUT2D eigenvalue weighted by Gasteiger charge is 2.10. The fourth-order valence-electron chi connectivity index (χ4n) is 2.22. The van der Waals surface area contributed by atoms with E-state index in [9.17, 15) is 0 Å². The molecule has 0 N–H and O–H groups in total. The van der Waals surface area contributed by atoms with Crippen molar-refractivity contribution in [1.29, 1.82) is 0 Å². The summed E-state index contributed by atoms with van der Waals surface area (Å²) in [6, 6.07) is 18.6. The van der Waals surface area contributed by atoms with Gasteiger partial charge in [-0.25, -0.2) is 4.99 Å². The number of thiol groups is 1.